The second-order valence-corrected chi connectivity index (χ2v) is 4.58. The largest absolute Gasteiger partial charge is 0.490 e. The minimum absolute atomic E-state index is 0. The van der Waals surface area contributed by atoms with E-state index >= 15 is 0 Å². The summed E-state index contributed by atoms with van der Waals surface area (Å²) in [4.78, 5) is 11.6. The van der Waals surface area contributed by atoms with Crippen molar-refractivity contribution in [3.63, 3.8) is 0 Å². The van der Waals surface area contributed by atoms with E-state index in [9.17, 15) is 4.79 Å². The van der Waals surface area contributed by atoms with Crippen LogP contribution in [0.25, 0.3) is 11.0 Å². The zero-order chi connectivity index (χ0) is 14.5. The molecule has 0 aliphatic heterocycles. The maximum absolute atomic E-state index is 11.6. The molecule has 0 aliphatic rings. The lowest BCUT2D eigenvalue weighted by Crippen LogP contribution is -2.28. The molecule has 6 heteroatoms. The Labute approximate surface area is 130 Å². The molecule has 0 radical (unpaired) electrons. The summed E-state index contributed by atoms with van der Waals surface area (Å²) < 4.78 is 11.4. The van der Waals surface area contributed by atoms with Gasteiger partial charge in [0.2, 0.25) is 5.91 Å². The first-order chi connectivity index (χ1) is 9.65. The van der Waals surface area contributed by atoms with E-state index in [2.05, 4.69) is 5.32 Å². The van der Waals surface area contributed by atoms with E-state index in [0.717, 1.165) is 11.1 Å². The molecule has 1 aromatic carbocycles. The summed E-state index contributed by atoms with van der Waals surface area (Å²) in [5, 5.41) is 3.82. The topological polar surface area (TPSA) is 77.5 Å². The third-order valence-corrected chi connectivity index (χ3v) is 3.00. The molecular weight excluding hydrogens is 292 g/mol. The molecule has 0 spiro atoms. The second-order valence-electron chi connectivity index (χ2n) is 4.58. The first kappa shape index (κ1) is 17.3. The fourth-order valence-electron chi connectivity index (χ4n) is 2.05. The predicted molar refractivity (Wildman–Crippen MR) is 84.9 cm³/mol. The highest BCUT2D eigenvalue weighted by Gasteiger charge is 2.15. The molecule has 2 rings (SSSR count). The number of hydrogen-bond donors (Lipinski definition) is 2. The van der Waals surface area contributed by atoms with Crippen molar-refractivity contribution in [3.8, 4) is 5.75 Å². The Bertz CT molecular complexity index is 598. The number of nitrogens with two attached hydrogens (primary N) is 1. The highest BCUT2D eigenvalue weighted by atomic mass is 35.5. The van der Waals surface area contributed by atoms with E-state index in [1.165, 1.54) is 0 Å². The number of carbonyl (C=O) groups excluding carboxylic acids is 1. The number of para-hydroxylation sites is 1. The zero-order valence-electron chi connectivity index (χ0n) is 12.2. The Balaban J connectivity index is 0.00000220. The van der Waals surface area contributed by atoms with Crippen LogP contribution < -0.4 is 15.8 Å². The van der Waals surface area contributed by atoms with Crippen LogP contribution >= 0.6 is 12.4 Å². The molecule has 2 aromatic rings. The van der Waals surface area contributed by atoms with Crippen LogP contribution in [0.2, 0.25) is 0 Å². The van der Waals surface area contributed by atoms with Gasteiger partial charge in [0.05, 0.1) is 12.6 Å². The smallest absolute Gasteiger partial charge is 0.221 e. The Hall–Kier alpha value is -1.72. The van der Waals surface area contributed by atoms with E-state index in [1.54, 1.807) is 0 Å². The Morgan fingerprint density at radius 2 is 2.24 bits per heavy atom. The molecule has 1 unspecified atom stereocenters. The van der Waals surface area contributed by atoms with E-state index < -0.39 is 0 Å². The third-order valence-electron chi connectivity index (χ3n) is 3.00. The fraction of sp³-hybridized carbons (Fsp3) is 0.400. The summed E-state index contributed by atoms with van der Waals surface area (Å²) in [6.07, 6.45) is 0.314. The van der Waals surface area contributed by atoms with Crippen molar-refractivity contribution in [1.82, 2.24) is 5.32 Å². The van der Waals surface area contributed by atoms with Gasteiger partial charge in [0.1, 0.15) is 5.76 Å². The first-order valence-electron chi connectivity index (χ1n) is 6.80. The molecule has 5 nitrogen and oxygen atoms in total. The predicted octanol–water partition coefficient (Wildman–Crippen LogP) is 2.78. The molecule has 0 bridgehead atoms. The van der Waals surface area contributed by atoms with Gasteiger partial charge in [-0.05, 0) is 26.0 Å². The van der Waals surface area contributed by atoms with E-state index in [-0.39, 0.29) is 24.4 Å². The summed E-state index contributed by atoms with van der Waals surface area (Å²) in [7, 11) is 0. The molecule has 1 heterocycles. The normalized spacial score (nSPS) is 11.8. The summed E-state index contributed by atoms with van der Waals surface area (Å²) in [5.41, 5.74) is 6.07. The molecule has 1 aromatic heterocycles. The van der Waals surface area contributed by atoms with Crippen LogP contribution in [0, 0.1) is 0 Å². The summed E-state index contributed by atoms with van der Waals surface area (Å²) in [5.74, 6) is 1.35. The van der Waals surface area contributed by atoms with Crippen molar-refractivity contribution in [2.75, 3.05) is 13.2 Å². The SMILES string of the molecule is CCOc1cccc2cc(C(C)NC(=O)CCN)oc12.Cl. The lowest BCUT2D eigenvalue weighted by atomic mass is 10.2. The maximum Gasteiger partial charge on any atom is 0.221 e. The van der Waals surface area contributed by atoms with Crippen LogP contribution in [0.3, 0.4) is 0 Å². The fourth-order valence-corrected chi connectivity index (χ4v) is 2.05. The molecule has 0 saturated heterocycles. The Kier molecular flexibility index (Phi) is 6.52. The number of nitrogens with one attached hydrogen (secondary N) is 1. The number of fused-ring (bicyclic) bond motifs is 1. The number of carbonyl (C=O) groups is 1. The average Bonchev–Trinajstić information content (AvgIpc) is 2.84. The van der Waals surface area contributed by atoms with Gasteiger partial charge in [-0.15, -0.1) is 12.4 Å². The minimum atomic E-state index is -0.198. The number of amides is 1. The van der Waals surface area contributed by atoms with Gasteiger partial charge < -0.3 is 20.2 Å². The average molecular weight is 313 g/mol. The van der Waals surface area contributed by atoms with E-state index in [4.69, 9.17) is 14.9 Å². The van der Waals surface area contributed by atoms with Crippen LogP contribution in [0.4, 0.5) is 0 Å². The quantitative estimate of drug-likeness (QED) is 0.859. The molecule has 0 saturated carbocycles. The van der Waals surface area contributed by atoms with Crippen molar-refractivity contribution in [2.45, 2.75) is 26.3 Å². The van der Waals surface area contributed by atoms with Gasteiger partial charge in [-0.2, -0.15) is 0 Å². The van der Waals surface area contributed by atoms with Crippen molar-refractivity contribution in [2.24, 2.45) is 5.73 Å². The summed E-state index contributed by atoms with van der Waals surface area (Å²) in [6, 6.07) is 7.47. The number of furan rings is 1. The number of ether oxygens (including phenoxy) is 1. The Morgan fingerprint density at radius 1 is 1.48 bits per heavy atom. The lowest BCUT2D eigenvalue weighted by Gasteiger charge is -2.10. The van der Waals surface area contributed by atoms with Crippen LogP contribution in [-0.4, -0.2) is 19.1 Å². The van der Waals surface area contributed by atoms with Gasteiger partial charge in [0.25, 0.3) is 0 Å². The molecule has 0 aliphatic carbocycles. The lowest BCUT2D eigenvalue weighted by molar-refractivity contribution is -0.121. The van der Waals surface area contributed by atoms with Gasteiger partial charge in [-0.25, -0.2) is 0 Å². The van der Waals surface area contributed by atoms with Gasteiger partial charge in [-0.3, -0.25) is 4.79 Å². The molecule has 1 amide bonds. The molecule has 0 fully saturated rings. The maximum atomic E-state index is 11.6. The third kappa shape index (κ3) is 4.12. The standard InChI is InChI=1S/C15H20N2O3.ClH/c1-3-19-12-6-4-5-11-9-13(20-15(11)12)10(2)17-14(18)7-8-16;/h4-6,9-10H,3,7-8,16H2,1-2H3,(H,17,18);1H. The monoisotopic (exact) mass is 312 g/mol. The number of halogens is 1. The van der Waals surface area contributed by atoms with Crippen molar-refractivity contribution >= 4 is 29.3 Å². The number of rotatable bonds is 6. The summed E-state index contributed by atoms with van der Waals surface area (Å²) >= 11 is 0. The van der Waals surface area contributed by atoms with Gasteiger partial charge in [-0.1, -0.05) is 12.1 Å². The summed E-state index contributed by atoms with van der Waals surface area (Å²) in [6.45, 7) is 4.73. The van der Waals surface area contributed by atoms with Crippen molar-refractivity contribution in [3.05, 3.63) is 30.0 Å². The molecule has 116 valence electrons. The van der Waals surface area contributed by atoms with Crippen LogP contribution in [0.15, 0.2) is 28.7 Å². The van der Waals surface area contributed by atoms with Crippen molar-refractivity contribution < 1.29 is 13.9 Å². The zero-order valence-corrected chi connectivity index (χ0v) is 13.0. The van der Waals surface area contributed by atoms with Gasteiger partial charge in [0.15, 0.2) is 11.3 Å². The highest BCUT2D eigenvalue weighted by Crippen LogP contribution is 2.31. The highest BCUT2D eigenvalue weighted by molar-refractivity contribution is 5.85. The number of hydrogen-bond acceptors (Lipinski definition) is 4. The van der Waals surface area contributed by atoms with Crippen LogP contribution in [0.5, 0.6) is 5.75 Å². The molecule has 1 atom stereocenters. The number of benzene rings is 1. The minimum Gasteiger partial charge on any atom is -0.490 e. The van der Waals surface area contributed by atoms with E-state index in [0.29, 0.717) is 30.9 Å². The molecule has 3 N–H and O–H groups in total. The van der Waals surface area contributed by atoms with Crippen molar-refractivity contribution in [1.29, 1.82) is 0 Å². The molecule has 21 heavy (non-hydrogen) atoms. The van der Waals surface area contributed by atoms with Gasteiger partial charge in [0, 0.05) is 18.4 Å². The molecular formula is C15H21ClN2O3. The first-order valence-corrected chi connectivity index (χ1v) is 6.80. The second kappa shape index (κ2) is 7.90. The van der Waals surface area contributed by atoms with Crippen LogP contribution in [-0.2, 0) is 4.79 Å². The van der Waals surface area contributed by atoms with Gasteiger partial charge >= 0.3 is 0 Å². The Morgan fingerprint density at radius 3 is 2.90 bits per heavy atom. The van der Waals surface area contributed by atoms with Crippen LogP contribution in [0.1, 0.15) is 32.1 Å². The van der Waals surface area contributed by atoms with E-state index in [1.807, 2.05) is 38.1 Å².